The fourth-order valence-corrected chi connectivity index (χ4v) is 1.38. The lowest BCUT2D eigenvalue weighted by molar-refractivity contribution is 0.595. The maximum absolute atomic E-state index is 11.9. The smallest absolute Gasteiger partial charge is 0.267 e. The molecular formula is C11H11N3O. The minimum atomic E-state index is -0.122. The van der Waals surface area contributed by atoms with Crippen LogP contribution in [0.3, 0.4) is 0 Å². The van der Waals surface area contributed by atoms with Gasteiger partial charge in [0.15, 0.2) is 0 Å². The molecule has 1 heterocycles. The van der Waals surface area contributed by atoms with Crippen LogP contribution in [0.4, 0.5) is 0 Å². The van der Waals surface area contributed by atoms with Gasteiger partial charge in [-0.05, 0) is 19.1 Å². The van der Waals surface area contributed by atoms with Gasteiger partial charge in [-0.1, -0.05) is 29.5 Å². The topological polar surface area (TPSA) is 47.8 Å². The third-order valence-corrected chi connectivity index (χ3v) is 2.05. The molecule has 4 nitrogen and oxygen atoms in total. The van der Waals surface area contributed by atoms with Crippen molar-refractivity contribution in [3.8, 4) is 0 Å². The number of allylic oxidation sites excluding steroid dienone is 1. The first-order valence-corrected chi connectivity index (χ1v) is 4.65. The van der Waals surface area contributed by atoms with Crippen LogP contribution in [0.15, 0.2) is 41.2 Å². The van der Waals surface area contributed by atoms with Gasteiger partial charge in [0, 0.05) is 0 Å². The Labute approximate surface area is 86.9 Å². The molecule has 0 atom stereocenters. The molecule has 15 heavy (non-hydrogen) atoms. The highest BCUT2D eigenvalue weighted by Gasteiger charge is 2.03. The van der Waals surface area contributed by atoms with Crippen LogP contribution in [0, 0.1) is 0 Å². The number of nitrogens with zero attached hydrogens (tertiary/aromatic N) is 3. The molecular weight excluding hydrogens is 190 g/mol. The lowest BCUT2D eigenvalue weighted by Gasteiger charge is -2.03. The number of hydrogen-bond acceptors (Lipinski definition) is 3. The van der Waals surface area contributed by atoms with E-state index in [4.69, 9.17) is 0 Å². The molecule has 4 heteroatoms. The highest BCUT2D eigenvalue weighted by Crippen LogP contribution is 2.03. The maximum atomic E-state index is 11.9. The van der Waals surface area contributed by atoms with Crippen molar-refractivity contribution in [1.29, 1.82) is 0 Å². The van der Waals surface area contributed by atoms with E-state index in [1.165, 1.54) is 4.68 Å². The number of aromatic nitrogens is 3. The van der Waals surface area contributed by atoms with Gasteiger partial charge in [0.1, 0.15) is 5.52 Å². The number of fused-ring (bicyclic) bond motifs is 1. The fraction of sp³-hybridized carbons (Fsp3) is 0.182. The van der Waals surface area contributed by atoms with Crippen molar-refractivity contribution in [2.24, 2.45) is 0 Å². The Bertz CT molecular complexity index is 571. The van der Waals surface area contributed by atoms with Crippen LogP contribution in [0.25, 0.3) is 10.9 Å². The Morgan fingerprint density at radius 3 is 2.93 bits per heavy atom. The summed E-state index contributed by atoms with van der Waals surface area (Å²) in [5.74, 6) is 0. The maximum Gasteiger partial charge on any atom is 0.277 e. The molecule has 1 aromatic carbocycles. The lowest BCUT2D eigenvalue weighted by atomic mass is 10.2. The van der Waals surface area contributed by atoms with Crippen LogP contribution in [0.1, 0.15) is 6.92 Å². The molecule has 0 aliphatic rings. The van der Waals surface area contributed by atoms with Crippen LogP contribution in [-0.2, 0) is 6.54 Å². The van der Waals surface area contributed by atoms with Gasteiger partial charge in [0.05, 0.1) is 11.9 Å². The minimum absolute atomic E-state index is 0.122. The molecule has 0 unspecified atom stereocenters. The van der Waals surface area contributed by atoms with Crippen molar-refractivity contribution in [1.82, 2.24) is 15.0 Å². The molecule has 0 saturated carbocycles. The standard InChI is InChI=1S/C11H11N3O/c1-8(2)7-14-11(15)9-5-3-4-6-10(9)12-13-14/h3-6H,1,7H2,2H3. The number of benzene rings is 1. The predicted octanol–water partition coefficient (Wildman–Crippen LogP) is 1.37. The Morgan fingerprint density at radius 2 is 2.20 bits per heavy atom. The first kappa shape index (κ1) is 9.58. The molecule has 2 rings (SSSR count). The van der Waals surface area contributed by atoms with Crippen LogP contribution in [0.2, 0.25) is 0 Å². The molecule has 0 bridgehead atoms. The second-order valence-corrected chi connectivity index (χ2v) is 3.53. The molecule has 0 saturated heterocycles. The zero-order valence-electron chi connectivity index (χ0n) is 8.47. The zero-order chi connectivity index (χ0) is 10.8. The average Bonchev–Trinajstić information content (AvgIpc) is 2.22. The summed E-state index contributed by atoms with van der Waals surface area (Å²) in [6.07, 6.45) is 0. The third kappa shape index (κ3) is 1.79. The molecule has 0 spiro atoms. The number of rotatable bonds is 2. The molecule has 0 radical (unpaired) electrons. The molecule has 0 N–H and O–H groups in total. The third-order valence-electron chi connectivity index (χ3n) is 2.05. The van der Waals surface area contributed by atoms with E-state index in [0.29, 0.717) is 17.4 Å². The Kier molecular flexibility index (Phi) is 2.33. The van der Waals surface area contributed by atoms with E-state index < -0.39 is 0 Å². The summed E-state index contributed by atoms with van der Waals surface area (Å²) < 4.78 is 1.32. The van der Waals surface area contributed by atoms with Crippen LogP contribution < -0.4 is 5.56 Å². The quantitative estimate of drug-likeness (QED) is 0.689. The molecule has 1 aromatic heterocycles. The van der Waals surface area contributed by atoms with Gasteiger partial charge in [-0.2, -0.15) is 0 Å². The van der Waals surface area contributed by atoms with Gasteiger partial charge < -0.3 is 0 Å². The lowest BCUT2D eigenvalue weighted by Crippen LogP contribution is -2.24. The summed E-state index contributed by atoms with van der Waals surface area (Å²) in [6, 6.07) is 7.17. The van der Waals surface area contributed by atoms with E-state index in [2.05, 4.69) is 16.9 Å². The summed E-state index contributed by atoms with van der Waals surface area (Å²) in [6.45, 7) is 6.01. The van der Waals surface area contributed by atoms with E-state index in [1.54, 1.807) is 12.1 Å². The van der Waals surface area contributed by atoms with E-state index in [-0.39, 0.29) is 5.56 Å². The van der Waals surface area contributed by atoms with Crippen molar-refractivity contribution < 1.29 is 0 Å². The molecule has 76 valence electrons. The summed E-state index contributed by atoms with van der Waals surface area (Å²) in [4.78, 5) is 11.9. The molecule has 0 fully saturated rings. The van der Waals surface area contributed by atoms with Gasteiger partial charge in [0.25, 0.3) is 5.56 Å². The van der Waals surface area contributed by atoms with Gasteiger partial charge in [-0.3, -0.25) is 4.79 Å². The fourth-order valence-electron chi connectivity index (χ4n) is 1.38. The Balaban J connectivity index is 2.65. The largest absolute Gasteiger partial charge is 0.277 e. The SMILES string of the molecule is C=C(C)Cn1nnc2ccccc2c1=O. The van der Waals surface area contributed by atoms with Crippen LogP contribution >= 0.6 is 0 Å². The summed E-state index contributed by atoms with van der Waals surface area (Å²) in [7, 11) is 0. The van der Waals surface area contributed by atoms with Gasteiger partial charge in [-0.15, -0.1) is 5.10 Å². The first-order chi connectivity index (χ1) is 7.18. The van der Waals surface area contributed by atoms with Crippen molar-refractivity contribution in [3.63, 3.8) is 0 Å². The molecule has 0 aliphatic carbocycles. The summed E-state index contributed by atoms with van der Waals surface area (Å²) in [5, 5.41) is 8.40. The van der Waals surface area contributed by atoms with Crippen molar-refractivity contribution >= 4 is 10.9 Å². The molecule has 2 aromatic rings. The Hall–Kier alpha value is -1.97. The van der Waals surface area contributed by atoms with Crippen LogP contribution in [-0.4, -0.2) is 15.0 Å². The first-order valence-electron chi connectivity index (χ1n) is 4.65. The highest BCUT2D eigenvalue weighted by molar-refractivity contribution is 5.76. The normalized spacial score (nSPS) is 10.5. The monoisotopic (exact) mass is 201 g/mol. The van der Waals surface area contributed by atoms with Crippen LogP contribution in [0.5, 0.6) is 0 Å². The van der Waals surface area contributed by atoms with Gasteiger partial charge >= 0.3 is 0 Å². The molecule has 0 aliphatic heterocycles. The predicted molar refractivity (Wildman–Crippen MR) is 58.6 cm³/mol. The van der Waals surface area contributed by atoms with E-state index in [9.17, 15) is 4.79 Å². The summed E-state index contributed by atoms with van der Waals surface area (Å²) >= 11 is 0. The Morgan fingerprint density at radius 1 is 1.47 bits per heavy atom. The van der Waals surface area contributed by atoms with E-state index in [1.807, 2.05) is 19.1 Å². The van der Waals surface area contributed by atoms with Crippen molar-refractivity contribution in [2.45, 2.75) is 13.5 Å². The second-order valence-electron chi connectivity index (χ2n) is 3.53. The van der Waals surface area contributed by atoms with Gasteiger partial charge in [-0.25, -0.2) is 4.68 Å². The highest BCUT2D eigenvalue weighted by atomic mass is 16.1. The van der Waals surface area contributed by atoms with Crippen molar-refractivity contribution in [3.05, 3.63) is 46.8 Å². The zero-order valence-corrected chi connectivity index (χ0v) is 8.47. The average molecular weight is 201 g/mol. The summed E-state index contributed by atoms with van der Waals surface area (Å²) in [5.41, 5.74) is 1.38. The van der Waals surface area contributed by atoms with E-state index >= 15 is 0 Å². The minimum Gasteiger partial charge on any atom is -0.267 e. The van der Waals surface area contributed by atoms with E-state index in [0.717, 1.165) is 5.57 Å². The molecule has 0 amide bonds. The number of hydrogen-bond donors (Lipinski definition) is 0. The van der Waals surface area contributed by atoms with Crippen molar-refractivity contribution in [2.75, 3.05) is 0 Å². The second kappa shape index (κ2) is 3.65. The van der Waals surface area contributed by atoms with Gasteiger partial charge in [0.2, 0.25) is 0 Å².